The van der Waals surface area contributed by atoms with Crippen LogP contribution in [-0.2, 0) is 7.05 Å². The summed E-state index contributed by atoms with van der Waals surface area (Å²) in [7, 11) is 1.94. The fourth-order valence-electron chi connectivity index (χ4n) is 3.32. The van der Waals surface area contributed by atoms with Crippen LogP contribution >= 0.6 is 11.6 Å². The second kappa shape index (κ2) is 8.56. The molecule has 1 fully saturated rings. The van der Waals surface area contributed by atoms with Crippen LogP contribution in [0.15, 0.2) is 41.7 Å². The van der Waals surface area contributed by atoms with Crippen LogP contribution in [0.1, 0.15) is 36.5 Å². The minimum Gasteiger partial charge on any atom is -0.386 e. The molecule has 0 spiro atoms. The molecule has 0 bridgehead atoms. The molecule has 1 aliphatic heterocycles. The van der Waals surface area contributed by atoms with Crippen LogP contribution in [-0.4, -0.2) is 51.9 Å². The third-order valence-corrected chi connectivity index (χ3v) is 5.04. The van der Waals surface area contributed by atoms with E-state index in [4.69, 9.17) is 11.6 Å². The maximum atomic E-state index is 10.4. The van der Waals surface area contributed by atoms with Gasteiger partial charge < -0.3 is 15.3 Å². The van der Waals surface area contributed by atoms with Gasteiger partial charge in [0.25, 0.3) is 0 Å². The van der Waals surface area contributed by atoms with Crippen LogP contribution < -0.4 is 5.32 Å². The largest absolute Gasteiger partial charge is 0.386 e. The average molecular weight is 376 g/mol. The molecule has 3 rings (SSSR count). The average Bonchev–Trinajstić information content (AvgIpc) is 3.27. The molecule has 0 radical (unpaired) electrons. The first-order chi connectivity index (χ1) is 12.6. The van der Waals surface area contributed by atoms with Crippen LogP contribution in [0.4, 0.5) is 0 Å². The van der Waals surface area contributed by atoms with Gasteiger partial charge in [-0.2, -0.15) is 5.10 Å². The third kappa shape index (κ3) is 4.37. The van der Waals surface area contributed by atoms with Crippen molar-refractivity contribution in [2.24, 2.45) is 12.0 Å². The number of aliphatic hydroxyl groups excluding tert-OH is 1. The van der Waals surface area contributed by atoms with Crippen molar-refractivity contribution in [1.29, 1.82) is 0 Å². The van der Waals surface area contributed by atoms with Crippen molar-refractivity contribution in [3.8, 4) is 0 Å². The number of nitrogens with one attached hydrogen (secondary N) is 1. The molecule has 0 saturated carbocycles. The van der Waals surface area contributed by atoms with Gasteiger partial charge in [0, 0.05) is 49.4 Å². The van der Waals surface area contributed by atoms with Crippen molar-refractivity contribution in [2.75, 3.05) is 26.2 Å². The number of aryl methyl sites for hydroxylation is 1. The van der Waals surface area contributed by atoms with Crippen molar-refractivity contribution >= 4 is 17.6 Å². The number of benzene rings is 1. The van der Waals surface area contributed by atoms with Gasteiger partial charge in [0.1, 0.15) is 6.10 Å². The number of hydrogen-bond donors (Lipinski definition) is 2. The van der Waals surface area contributed by atoms with Gasteiger partial charge in [-0.15, -0.1) is 0 Å². The minimum atomic E-state index is -0.714. The van der Waals surface area contributed by atoms with Crippen LogP contribution in [0.25, 0.3) is 0 Å². The highest BCUT2D eigenvalue weighted by Crippen LogP contribution is 2.27. The van der Waals surface area contributed by atoms with Crippen molar-refractivity contribution in [2.45, 2.75) is 25.4 Å². The zero-order valence-electron chi connectivity index (χ0n) is 15.3. The molecule has 1 aromatic heterocycles. The Balaban J connectivity index is 1.67. The van der Waals surface area contributed by atoms with E-state index in [-0.39, 0.29) is 6.54 Å². The normalized spacial score (nSPS) is 19.0. The molecule has 2 N–H and O–H groups in total. The van der Waals surface area contributed by atoms with Crippen LogP contribution in [0.3, 0.4) is 0 Å². The zero-order valence-corrected chi connectivity index (χ0v) is 16.0. The van der Waals surface area contributed by atoms with Gasteiger partial charge in [0.05, 0.1) is 12.7 Å². The Labute approximate surface area is 159 Å². The lowest BCUT2D eigenvalue weighted by molar-refractivity contribution is 0.187. The number of aliphatic hydroxyl groups is 1. The quantitative estimate of drug-likeness (QED) is 0.622. The smallest absolute Gasteiger partial charge is 0.194 e. The predicted octanol–water partition coefficient (Wildman–Crippen LogP) is 2.56. The third-order valence-electron chi connectivity index (χ3n) is 4.70. The van der Waals surface area contributed by atoms with E-state index < -0.39 is 6.10 Å². The van der Waals surface area contributed by atoms with E-state index in [0.29, 0.717) is 16.5 Å². The molecule has 0 aliphatic carbocycles. The van der Waals surface area contributed by atoms with Crippen molar-refractivity contribution < 1.29 is 5.11 Å². The monoisotopic (exact) mass is 375 g/mol. The van der Waals surface area contributed by atoms with E-state index in [1.54, 1.807) is 6.07 Å². The second-order valence-electron chi connectivity index (χ2n) is 6.61. The Hall–Kier alpha value is -2.05. The van der Waals surface area contributed by atoms with Gasteiger partial charge in [0.2, 0.25) is 0 Å². The highest BCUT2D eigenvalue weighted by atomic mass is 35.5. The molecule has 2 heterocycles. The number of guanidine groups is 1. The highest BCUT2D eigenvalue weighted by molar-refractivity contribution is 6.31. The number of likely N-dealkylation sites (tertiary alicyclic amines) is 1. The summed E-state index contributed by atoms with van der Waals surface area (Å²) in [6, 6.07) is 7.35. The summed E-state index contributed by atoms with van der Waals surface area (Å²) in [5, 5.41) is 18.6. The summed E-state index contributed by atoms with van der Waals surface area (Å²) in [5.41, 5.74) is 1.98. The lowest BCUT2D eigenvalue weighted by Crippen LogP contribution is -2.40. The summed E-state index contributed by atoms with van der Waals surface area (Å²) in [6.45, 7) is 4.96. The topological polar surface area (TPSA) is 65.7 Å². The molecule has 1 saturated heterocycles. The van der Waals surface area contributed by atoms with Crippen LogP contribution in [0.2, 0.25) is 5.02 Å². The molecule has 1 aliphatic rings. The number of rotatable bonds is 5. The SMILES string of the molecule is CCNC(=NCC(O)c1ccccc1Cl)N1CCC(c2cnn(C)c2)C1. The molecule has 140 valence electrons. The lowest BCUT2D eigenvalue weighted by atomic mass is 10.0. The van der Waals surface area contributed by atoms with Gasteiger partial charge in [-0.25, -0.2) is 0 Å². The van der Waals surface area contributed by atoms with Crippen molar-refractivity contribution in [1.82, 2.24) is 20.0 Å². The molecular formula is C19H26ClN5O. The number of nitrogens with zero attached hydrogens (tertiary/aromatic N) is 4. The molecule has 7 heteroatoms. The summed E-state index contributed by atoms with van der Waals surface area (Å²) in [6.07, 6.45) is 4.39. The Morgan fingerprint density at radius 2 is 2.27 bits per heavy atom. The first kappa shape index (κ1) is 18.7. The number of aromatic nitrogens is 2. The zero-order chi connectivity index (χ0) is 18.5. The van der Waals surface area contributed by atoms with Crippen molar-refractivity contribution in [3.63, 3.8) is 0 Å². The number of hydrogen-bond acceptors (Lipinski definition) is 3. The van der Waals surface area contributed by atoms with Crippen LogP contribution in [0, 0.1) is 0 Å². The maximum Gasteiger partial charge on any atom is 0.194 e. The standard InChI is InChI=1S/C19H26ClN5O/c1-3-21-19(22-11-18(26)16-6-4-5-7-17(16)20)25-9-8-14(13-25)15-10-23-24(2)12-15/h4-7,10,12,14,18,26H,3,8-9,11,13H2,1-2H3,(H,21,22). The van der Waals surface area contributed by atoms with E-state index in [1.807, 2.05) is 36.1 Å². The molecular weight excluding hydrogens is 350 g/mol. The molecule has 2 atom stereocenters. The summed E-state index contributed by atoms with van der Waals surface area (Å²) in [4.78, 5) is 6.90. The fraction of sp³-hybridized carbons (Fsp3) is 0.474. The van der Waals surface area contributed by atoms with E-state index >= 15 is 0 Å². The van der Waals surface area contributed by atoms with Crippen molar-refractivity contribution in [3.05, 3.63) is 52.8 Å². The summed E-state index contributed by atoms with van der Waals surface area (Å²) < 4.78 is 1.84. The van der Waals surface area contributed by atoms with Gasteiger partial charge in [-0.05, 0) is 25.0 Å². The summed E-state index contributed by atoms with van der Waals surface area (Å²) in [5.74, 6) is 1.30. The highest BCUT2D eigenvalue weighted by Gasteiger charge is 2.27. The van der Waals surface area contributed by atoms with Gasteiger partial charge in [-0.3, -0.25) is 9.67 Å². The molecule has 1 aromatic carbocycles. The Kier molecular flexibility index (Phi) is 6.16. The first-order valence-corrected chi connectivity index (χ1v) is 9.40. The molecule has 0 amide bonds. The van der Waals surface area contributed by atoms with Gasteiger partial charge >= 0.3 is 0 Å². The van der Waals surface area contributed by atoms with E-state index in [2.05, 4.69) is 33.4 Å². The number of aliphatic imine (C=N–C) groups is 1. The fourth-order valence-corrected chi connectivity index (χ4v) is 3.58. The van der Waals surface area contributed by atoms with E-state index in [1.165, 1.54) is 5.56 Å². The van der Waals surface area contributed by atoms with Gasteiger partial charge in [-0.1, -0.05) is 29.8 Å². The molecule has 2 aromatic rings. The second-order valence-corrected chi connectivity index (χ2v) is 7.02. The Morgan fingerprint density at radius 3 is 2.96 bits per heavy atom. The Bertz CT molecular complexity index is 760. The molecule has 26 heavy (non-hydrogen) atoms. The summed E-state index contributed by atoms with van der Waals surface area (Å²) >= 11 is 6.17. The first-order valence-electron chi connectivity index (χ1n) is 9.02. The number of halogens is 1. The van der Waals surface area contributed by atoms with E-state index in [0.717, 1.165) is 32.0 Å². The van der Waals surface area contributed by atoms with Gasteiger partial charge in [0.15, 0.2) is 5.96 Å². The lowest BCUT2D eigenvalue weighted by Gasteiger charge is -2.22. The molecule has 6 nitrogen and oxygen atoms in total. The van der Waals surface area contributed by atoms with E-state index in [9.17, 15) is 5.11 Å². The maximum absolute atomic E-state index is 10.4. The predicted molar refractivity (Wildman–Crippen MR) is 105 cm³/mol. The minimum absolute atomic E-state index is 0.278. The molecule has 2 unspecified atom stereocenters. The Morgan fingerprint density at radius 1 is 1.46 bits per heavy atom. The van der Waals surface area contributed by atoms with Crippen LogP contribution in [0.5, 0.6) is 0 Å².